The van der Waals surface area contributed by atoms with Gasteiger partial charge in [0.1, 0.15) is 5.75 Å². The number of benzene rings is 2. The maximum atomic E-state index is 13.2. The zero-order chi connectivity index (χ0) is 31.2. The molecule has 0 amide bonds. The number of hydrogen-bond acceptors (Lipinski definition) is 9. The van der Waals surface area contributed by atoms with E-state index in [0.29, 0.717) is 37.3 Å². The van der Waals surface area contributed by atoms with E-state index in [1.165, 1.54) is 19.1 Å². The topological polar surface area (TPSA) is 146 Å². The Labute approximate surface area is 250 Å². The van der Waals surface area contributed by atoms with E-state index < -0.39 is 27.6 Å². The highest BCUT2D eigenvalue weighted by Crippen LogP contribution is 2.26. The third-order valence-electron chi connectivity index (χ3n) is 6.57. The zero-order valence-corrected chi connectivity index (χ0v) is 26.2. The predicted molar refractivity (Wildman–Crippen MR) is 161 cm³/mol. The first-order valence-electron chi connectivity index (χ1n) is 14.6. The van der Waals surface area contributed by atoms with Crippen LogP contribution in [-0.2, 0) is 37.4 Å². The Morgan fingerprint density at radius 2 is 1.69 bits per heavy atom. The Morgan fingerprint density at radius 1 is 1.00 bits per heavy atom. The Morgan fingerprint density at radius 3 is 2.36 bits per heavy atom. The van der Waals surface area contributed by atoms with Crippen LogP contribution in [0.3, 0.4) is 0 Å². The molecule has 0 saturated heterocycles. The van der Waals surface area contributed by atoms with Gasteiger partial charge in [-0.3, -0.25) is 4.79 Å². The number of aliphatic hydroxyl groups is 2. The second-order valence-corrected chi connectivity index (χ2v) is 13.1. The lowest BCUT2D eigenvalue weighted by molar-refractivity contribution is -0.179. The molecule has 42 heavy (non-hydrogen) atoms. The highest BCUT2D eigenvalue weighted by Gasteiger charge is 2.37. The number of unbranched alkanes of at least 4 members (excludes halogenated alkanes) is 4. The molecule has 0 spiro atoms. The molecule has 4 N–H and O–H groups in total. The first-order valence-corrected chi connectivity index (χ1v) is 16.0. The number of nitrogens with zero attached hydrogens (tertiary/aromatic N) is 1. The van der Waals surface area contributed by atoms with E-state index in [0.717, 1.165) is 55.1 Å². The lowest BCUT2D eigenvalue weighted by Crippen LogP contribution is -2.46. The first kappa shape index (κ1) is 35.7. The molecule has 10 nitrogen and oxygen atoms in total. The molecule has 0 bridgehead atoms. The summed E-state index contributed by atoms with van der Waals surface area (Å²) in [7, 11) is -4.02. The number of hydroxylamine groups is 1. The van der Waals surface area contributed by atoms with E-state index in [2.05, 4.69) is 5.32 Å². The van der Waals surface area contributed by atoms with Gasteiger partial charge in [-0.05, 0) is 99.3 Å². The van der Waals surface area contributed by atoms with Crippen molar-refractivity contribution in [1.82, 2.24) is 9.79 Å². The third-order valence-corrected chi connectivity index (χ3v) is 8.48. The van der Waals surface area contributed by atoms with Crippen molar-refractivity contribution in [3.05, 3.63) is 59.2 Å². The molecular weight excluding hydrogens is 560 g/mol. The molecule has 1 atom stereocenters. The van der Waals surface area contributed by atoms with Crippen LogP contribution in [0.25, 0.3) is 0 Å². The van der Waals surface area contributed by atoms with Crippen LogP contribution in [0.5, 0.6) is 5.75 Å². The van der Waals surface area contributed by atoms with E-state index in [4.69, 9.17) is 9.57 Å². The Bertz CT molecular complexity index is 1210. The molecule has 2 aromatic carbocycles. The number of carbonyl (C=O) groups is 1. The highest BCUT2D eigenvalue weighted by atomic mass is 32.2. The minimum atomic E-state index is -4.02. The predicted octanol–water partition coefficient (Wildman–Crippen LogP) is 4.37. The second kappa shape index (κ2) is 17.5. The molecule has 0 saturated carbocycles. The SMILES string of the molecule is CC(=O)ON(C(C)(C)C)S(=O)(=O)c1cccc(CCCCOCCCCCCNC[C@@H](O)c2ccc(O)c(CO)c2)c1. The van der Waals surface area contributed by atoms with Crippen molar-refractivity contribution in [3.63, 3.8) is 0 Å². The van der Waals surface area contributed by atoms with Crippen LogP contribution in [0.2, 0.25) is 0 Å². The molecule has 0 heterocycles. The van der Waals surface area contributed by atoms with Crippen molar-refractivity contribution in [1.29, 1.82) is 0 Å². The summed E-state index contributed by atoms with van der Waals surface area (Å²) in [4.78, 5) is 16.6. The minimum Gasteiger partial charge on any atom is -0.508 e. The maximum absolute atomic E-state index is 13.2. The standard InChI is InChI=1S/C31H48N2O8S/c1-24(35)41-33(31(2,3)4)42(38,39)28-14-11-13-25(20-28)12-7-10-19-40-18-9-6-5-8-17-32-22-30(37)26-15-16-29(36)27(21-26)23-34/h11,13-16,20-21,30,32,34,36-37H,5-10,12,17-19,22-23H2,1-4H3/t30-/m1/s1. The van der Waals surface area contributed by atoms with Gasteiger partial charge in [-0.2, -0.15) is 0 Å². The number of nitrogens with one attached hydrogen (secondary N) is 1. The van der Waals surface area contributed by atoms with Gasteiger partial charge >= 0.3 is 5.97 Å². The van der Waals surface area contributed by atoms with Crippen LogP contribution in [0.15, 0.2) is 47.4 Å². The van der Waals surface area contributed by atoms with Gasteiger partial charge in [0.05, 0.1) is 23.1 Å². The van der Waals surface area contributed by atoms with Crippen LogP contribution in [0.1, 0.15) is 89.0 Å². The van der Waals surface area contributed by atoms with Crippen molar-refractivity contribution < 1.29 is 38.1 Å². The maximum Gasteiger partial charge on any atom is 0.323 e. The smallest absolute Gasteiger partial charge is 0.323 e. The highest BCUT2D eigenvalue weighted by molar-refractivity contribution is 7.89. The number of sulfonamides is 1. The summed E-state index contributed by atoms with van der Waals surface area (Å²) >= 11 is 0. The summed E-state index contributed by atoms with van der Waals surface area (Å²) < 4.78 is 32.8. The first-order chi connectivity index (χ1) is 19.9. The fourth-order valence-electron chi connectivity index (χ4n) is 4.36. The molecule has 236 valence electrons. The lowest BCUT2D eigenvalue weighted by atomic mass is 10.1. The summed E-state index contributed by atoms with van der Waals surface area (Å²) in [5.74, 6) is -0.672. The van der Waals surface area contributed by atoms with Crippen molar-refractivity contribution in [2.75, 3.05) is 26.3 Å². The molecule has 0 aliphatic heterocycles. The minimum absolute atomic E-state index is 0.0224. The average molecular weight is 609 g/mol. The molecule has 0 fully saturated rings. The third kappa shape index (κ3) is 12.0. The van der Waals surface area contributed by atoms with E-state index in [-0.39, 0.29) is 17.3 Å². The molecular formula is C31H48N2O8S. The number of phenols is 1. The van der Waals surface area contributed by atoms with Gasteiger partial charge in [-0.1, -0.05) is 31.0 Å². The normalized spacial score (nSPS) is 12.9. The summed E-state index contributed by atoms with van der Waals surface area (Å²) in [5, 5.41) is 32.4. The summed E-state index contributed by atoms with van der Waals surface area (Å²) in [6, 6.07) is 11.5. The molecule has 0 aliphatic rings. The summed E-state index contributed by atoms with van der Waals surface area (Å²) in [5.41, 5.74) is 1.03. The average Bonchev–Trinajstić information content (AvgIpc) is 2.93. The van der Waals surface area contributed by atoms with Gasteiger partial charge < -0.3 is 30.2 Å². The molecule has 0 radical (unpaired) electrons. The van der Waals surface area contributed by atoms with Crippen LogP contribution >= 0.6 is 0 Å². The summed E-state index contributed by atoms with van der Waals surface area (Å²) in [6.45, 7) is 8.45. The second-order valence-electron chi connectivity index (χ2n) is 11.4. The molecule has 2 aromatic rings. The lowest BCUT2D eigenvalue weighted by Gasteiger charge is -2.31. The summed E-state index contributed by atoms with van der Waals surface area (Å²) in [6.07, 6.45) is 5.83. The molecule has 2 rings (SSSR count). The van der Waals surface area contributed by atoms with Gasteiger partial charge in [0, 0.05) is 32.2 Å². The molecule has 0 aromatic heterocycles. The van der Waals surface area contributed by atoms with E-state index in [9.17, 15) is 28.5 Å². The van der Waals surface area contributed by atoms with E-state index in [1.54, 1.807) is 45.0 Å². The number of hydrogen-bond donors (Lipinski definition) is 4. The Kier molecular flexibility index (Phi) is 14.9. The van der Waals surface area contributed by atoms with Gasteiger partial charge in [0.25, 0.3) is 10.0 Å². The van der Waals surface area contributed by atoms with Gasteiger partial charge in [-0.15, -0.1) is 0 Å². The van der Waals surface area contributed by atoms with Gasteiger partial charge in [-0.25, -0.2) is 8.42 Å². The molecule has 0 aliphatic carbocycles. The van der Waals surface area contributed by atoms with Crippen LogP contribution in [0.4, 0.5) is 0 Å². The van der Waals surface area contributed by atoms with Crippen LogP contribution in [0, 0.1) is 0 Å². The number of rotatable bonds is 19. The van der Waals surface area contributed by atoms with Crippen molar-refractivity contribution in [2.45, 2.75) is 95.8 Å². The monoisotopic (exact) mass is 608 g/mol. The Hall–Kier alpha value is -2.54. The number of aryl methyl sites for hydroxylation is 1. The van der Waals surface area contributed by atoms with Gasteiger partial charge in [0.2, 0.25) is 0 Å². The number of aliphatic hydroxyl groups excluding tert-OH is 2. The zero-order valence-electron chi connectivity index (χ0n) is 25.3. The van der Waals surface area contributed by atoms with E-state index in [1.807, 2.05) is 6.07 Å². The van der Waals surface area contributed by atoms with Crippen molar-refractivity contribution in [2.24, 2.45) is 0 Å². The largest absolute Gasteiger partial charge is 0.508 e. The van der Waals surface area contributed by atoms with Crippen LogP contribution in [-0.4, -0.2) is 66.0 Å². The van der Waals surface area contributed by atoms with E-state index >= 15 is 0 Å². The van der Waals surface area contributed by atoms with Crippen molar-refractivity contribution in [3.8, 4) is 5.75 Å². The molecule has 0 unspecified atom stereocenters. The number of aromatic hydroxyl groups is 1. The Balaban J connectivity index is 1.57. The fraction of sp³-hybridized carbons (Fsp3) is 0.581. The fourth-order valence-corrected chi connectivity index (χ4v) is 6.03. The quantitative estimate of drug-likeness (QED) is 0.135. The van der Waals surface area contributed by atoms with Crippen molar-refractivity contribution >= 4 is 16.0 Å². The van der Waals surface area contributed by atoms with Gasteiger partial charge in [0.15, 0.2) is 0 Å². The number of carbonyl (C=O) groups excluding carboxylic acids is 1. The molecule has 11 heteroatoms. The van der Waals surface area contributed by atoms with Crippen LogP contribution < -0.4 is 5.32 Å². The number of ether oxygens (including phenoxy) is 1.